The Balaban J connectivity index is 1.86. The van der Waals surface area contributed by atoms with E-state index in [1.807, 2.05) is 0 Å². The first kappa shape index (κ1) is 8.96. The Morgan fingerprint density at radius 2 is 1.88 bits per heavy atom. The van der Waals surface area contributed by atoms with E-state index in [-0.39, 0.29) is 6.79 Å². The van der Waals surface area contributed by atoms with Gasteiger partial charge in [0.05, 0.1) is 0 Å². The molecule has 5 heteroatoms. The molecule has 1 aromatic carbocycles. The van der Waals surface area contributed by atoms with Crippen LogP contribution < -0.4 is 14.2 Å². The summed E-state index contributed by atoms with van der Waals surface area (Å²) in [6.45, 7) is 0.251. The van der Waals surface area contributed by atoms with E-state index < -0.39 is 0 Å². The van der Waals surface area contributed by atoms with Crippen LogP contribution in [0.2, 0.25) is 0 Å². The van der Waals surface area contributed by atoms with E-state index in [4.69, 9.17) is 14.2 Å². The first-order chi connectivity index (χ1) is 7.92. The first-order valence-electron chi connectivity index (χ1n) is 4.76. The van der Waals surface area contributed by atoms with Gasteiger partial charge in [-0.25, -0.2) is 9.97 Å². The molecule has 0 amide bonds. The van der Waals surface area contributed by atoms with Gasteiger partial charge < -0.3 is 14.2 Å². The standard InChI is InChI=1S/C11H8N2O3/c1-4-12-11(13-5-1)16-8-2-3-9-10(6-8)15-7-14-9/h1-6H,7H2. The Bertz CT molecular complexity index is 502. The Labute approximate surface area is 91.6 Å². The average molecular weight is 216 g/mol. The zero-order valence-corrected chi connectivity index (χ0v) is 8.29. The van der Waals surface area contributed by atoms with Gasteiger partial charge in [-0.2, -0.15) is 0 Å². The minimum atomic E-state index is 0.251. The summed E-state index contributed by atoms with van der Waals surface area (Å²) < 4.78 is 15.9. The monoisotopic (exact) mass is 216 g/mol. The number of hydrogen-bond donors (Lipinski definition) is 0. The Morgan fingerprint density at radius 3 is 2.75 bits per heavy atom. The normalized spacial score (nSPS) is 12.5. The van der Waals surface area contributed by atoms with Crippen molar-refractivity contribution in [3.8, 4) is 23.3 Å². The summed E-state index contributed by atoms with van der Waals surface area (Å²) in [5.41, 5.74) is 0. The second-order valence-corrected chi connectivity index (χ2v) is 3.15. The number of hydrogen-bond acceptors (Lipinski definition) is 5. The quantitative estimate of drug-likeness (QED) is 0.768. The molecule has 0 radical (unpaired) electrons. The van der Waals surface area contributed by atoms with Crippen LogP contribution in [0, 0.1) is 0 Å². The van der Waals surface area contributed by atoms with Crippen molar-refractivity contribution in [1.82, 2.24) is 9.97 Å². The second-order valence-electron chi connectivity index (χ2n) is 3.15. The smallest absolute Gasteiger partial charge is 0.321 e. The van der Waals surface area contributed by atoms with E-state index in [0.29, 0.717) is 17.5 Å². The van der Waals surface area contributed by atoms with Gasteiger partial charge in [0.15, 0.2) is 11.5 Å². The number of ether oxygens (including phenoxy) is 3. The Kier molecular flexibility index (Phi) is 2.07. The molecule has 1 aliphatic rings. The molecular formula is C11H8N2O3. The molecule has 16 heavy (non-hydrogen) atoms. The van der Waals surface area contributed by atoms with Gasteiger partial charge in [-0.1, -0.05) is 0 Å². The SMILES string of the molecule is c1cnc(Oc2ccc3c(c2)OCO3)nc1. The molecule has 0 saturated heterocycles. The summed E-state index contributed by atoms with van der Waals surface area (Å²) in [6.07, 6.45) is 3.24. The molecule has 1 aliphatic heterocycles. The molecule has 5 nitrogen and oxygen atoms in total. The first-order valence-corrected chi connectivity index (χ1v) is 4.76. The summed E-state index contributed by atoms with van der Waals surface area (Å²) >= 11 is 0. The lowest BCUT2D eigenvalue weighted by Crippen LogP contribution is -1.93. The number of aromatic nitrogens is 2. The third kappa shape index (κ3) is 1.63. The molecule has 0 fully saturated rings. The summed E-state index contributed by atoms with van der Waals surface area (Å²) in [5.74, 6) is 2.02. The maximum Gasteiger partial charge on any atom is 0.321 e. The largest absolute Gasteiger partial charge is 0.454 e. The number of benzene rings is 1. The van der Waals surface area contributed by atoms with Crippen molar-refractivity contribution in [2.24, 2.45) is 0 Å². The van der Waals surface area contributed by atoms with E-state index in [0.717, 1.165) is 5.75 Å². The van der Waals surface area contributed by atoms with E-state index in [9.17, 15) is 0 Å². The number of rotatable bonds is 2. The second kappa shape index (κ2) is 3.69. The van der Waals surface area contributed by atoms with Gasteiger partial charge in [-0.05, 0) is 18.2 Å². The van der Waals surface area contributed by atoms with E-state index >= 15 is 0 Å². The predicted octanol–water partition coefficient (Wildman–Crippen LogP) is 2.00. The van der Waals surface area contributed by atoms with Crippen molar-refractivity contribution in [2.75, 3.05) is 6.79 Å². The zero-order valence-electron chi connectivity index (χ0n) is 8.29. The van der Waals surface area contributed by atoms with Gasteiger partial charge in [0.25, 0.3) is 0 Å². The molecular weight excluding hydrogens is 208 g/mol. The van der Waals surface area contributed by atoms with Gasteiger partial charge in [0.2, 0.25) is 6.79 Å². The molecule has 1 aromatic heterocycles. The Morgan fingerprint density at radius 1 is 1.06 bits per heavy atom. The fourth-order valence-electron chi connectivity index (χ4n) is 1.38. The van der Waals surface area contributed by atoms with Gasteiger partial charge in [-0.3, -0.25) is 0 Å². The molecule has 0 aliphatic carbocycles. The van der Waals surface area contributed by atoms with Crippen LogP contribution >= 0.6 is 0 Å². The lowest BCUT2D eigenvalue weighted by atomic mass is 10.3. The minimum Gasteiger partial charge on any atom is -0.454 e. The van der Waals surface area contributed by atoms with E-state index in [1.54, 1.807) is 36.7 Å². The van der Waals surface area contributed by atoms with Crippen LogP contribution in [0.3, 0.4) is 0 Å². The van der Waals surface area contributed by atoms with Gasteiger partial charge >= 0.3 is 6.01 Å². The topological polar surface area (TPSA) is 53.5 Å². The predicted molar refractivity (Wildman–Crippen MR) is 54.7 cm³/mol. The summed E-state index contributed by atoms with van der Waals surface area (Å²) in [7, 11) is 0. The highest BCUT2D eigenvalue weighted by Crippen LogP contribution is 2.35. The zero-order chi connectivity index (χ0) is 10.8. The molecule has 0 atom stereocenters. The van der Waals surface area contributed by atoms with Crippen molar-refractivity contribution in [1.29, 1.82) is 0 Å². The molecule has 0 bridgehead atoms. The lowest BCUT2D eigenvalue weighted by Gasteiger charge is -2.03. The third-order valence-corrected chi connectivity index (χ3v) is 2.10. The van der Waals surface area contributed by atoms with Gasteiger partial charge in [0, 0.05) is 18.5 Å². The van der Waals surface area contributed by atoms with Crippen LogP contribution in [0.1, 0.15) is 0 Å². The van der Waals surface area contributed by atoms with Crippen LogP contribution in [0.25, 0.3) is 0 Å². The van der Waals surface area contributed by atoms with Gasteiger partial charge in [0.1, 0.15) is 5.75 Å². The molecule has 0 spiro atoms. The van der Waals surface area contributed by atoms with Crippen LogP contribution in [-0.4, -0.2) is 16.8 Å². The van der Waals surface area contributed by atoms with Crippen molar-refractivity contribution >= 4 is 0 Å². The van der Waals surface area contributed by atoms with Crippen LogP contribution in [-0.2, 0) is 0 Å². The fourth-order valence-corrected chi connectivity index (χ4v) is 1.38. The molecule has 0 unspecified atom stereocenters. The number of nitrogens with zero attached hydrogens (tertiary/aromatic N) is 2. The Hall–Kier alpha value is -2.30. The van der Waals surface area contributed by atoms with E-state index in [2.05, 4.69) is 9.97 Å². The van der Waals surface area contributed by atoms with Crippen molar-refractivity contribution < 1.29 is 14.2 Å². The maximum atomic E-state index is 5.45. The lowest BCUT2D eigenvalue weighted by molar-refractivity contribution is 0.174. The fraction of sp³-hybridized carbons (Fsp3) is 0.0909. The average Bonchev–Trinajstić information content (AvgIpc) is 2.77. The molecule has 2 heterocycles. The third-order valence-electron chi connectivity index (χ3n) is 2.10. The van der Waals surface area contributed by atoms with Crippen LogP contribution in [0.4, 0.5) is 0 Å². The van der Waals surface area contributed by atoms with Gasteiger partial charge in [-0.15, -0.1) is 0 Å². The molecule has 3 rings (SSSR count). The van der Waals surface area contributed by atoms with Crippen molar-refractivity contribution in [2.45, 2.75) is 0 Å². The van der Waals surface area contributed by atoms with Crippen LogP contribution in [0.5, 0.6) is 23.3 Å². The molecule has 2 aromatic rings. The molecule has 0 saturated carbocycles. The molecule has 0 N–H and O–H groups in total. The summed E-state index contributed by atoms with van der Waals surface area (Å²) in [5, 5.41) is 0. The van der Waals surface area contributed by atoms with Crippen LogP contribution in [0.15, 0.2) is 36.7 Å². The highest BCUT2D eigenvalue weighted by molar-refractivity contribution is 5.47. The highest BCUT2D eigenvalue weighted by Gasteiger charge is 2.14. The summed E-state index contributed by atoms with van der Waals surface area (Å²) in [6, 6.07) is 7.36. The minimum absolute atomic E-state index is 0.251. The maximum absolute atomic E-state index is 5.45. The summed E-state index contributed by atoms with van der Waals surface area (Å²) in [4.78, 5) is 7.92. The molecule has 80 valence electrons. The van der Waals surface area contributed by atoms with Crippen molar-refractivity contribution in [3.05, 3.63) is 36.7 Å². The number of fused-ring (bicyclic) bond motifs is 1. The van der Waals surface area contributed by atoms with E-state index in [1.165, 1.54) is 0 Å². The van der Waals surface area contributed by atoms with Crippen molar-refractivity contribution in [3.63, 3.8) is 0 Å². The highest BCUT2D eigenvalue weighted by atomic mass is 16.7.